The van der Waals surface area contributed by atoms with Crippen LogP contribution in [0.4, 0.5) is 0 Å². The fraction of sp³-hybridized carbons (Fsp3) is 0.167. The van der Waals surface area contributed by atoms with Crippen LogP contribution in [0.15, 0.2) is 83.1 Å². The van der Waals surface area contributed by atoms with Gasteiger partial charge in [0.25, 0.3) is 11.8 Å². The fourth-order valence-corrected chi connectivity index (χ4v) is 3.49. The van der Waals surface area contributed by atoms with Gasteiger partial charge in [0.1, 0.15) is 11.5 Å². The van der Waals surface area contributed by atoms with Crippen LogP contribution in [0.25, 0.3) is 6.08 Å². The van der Waals surface area contributed by atoms with Gasteiger partial charge in [-0.15, -0.1) is 0 Å². The number of carbonyl (C=O) groups excluding carboxylic acids is 2. The van der Waals surface area contributed by atoms with Crippen LogP contribution < -0.4 is 10.6 Å². The second-order valence-electron chi connectivity index (χ2n) is 6.69. The SMILES string of the molecule is Cc1ccc(C(=O)N/C(=C\c2ccco2)C(=O)NCCSCc2ccccc2)cc1. The number of amides is 2. The Balaban J connectivity index is 1.57. The lowest BCUT2D eigenvalue weighted by atomic mass is 10.1. The molecule has 0 saturated heterocycles. The molecule has 0 unspecified atom stereocenters. The number of hydrogen-bond acceptors (Lipinski definition) is 4. The van der Waals surface area contributed by atoms with E-state index in [9.17, 15) is 9.59 Å². The number of carbonyl (C=O) groups is 2. The average Bonchev–Trinajstić information content (AvgIpc) is 3.27. The Hall–Kier alpha value is -3.25. The summed E-state index contributed by atoms with van der Waals surface area (Å²) in [6.07, 6.45) is 3.04. The van der Waals surface area contributed by atoms with Gasteiger partial charge in [-0.3, -0.25) is 9.59 Å². The van der Waals surface area contributed by atoms with Gasteiger partial charge in [-0.05, 0) is 36.8 Å². The first-order valence-electron chi connectivity index (χ1n) is 9.65. The molecule has 5 nitrogen and oxygen atoms in total. The van der Waals surface area contributed by atoms with E-state index >= 15 is 0 Å². The molecule has 30 heavy (non-hydrogen) atoms. The number of hydrogen-bond donors (Lipinski definition) is 2. The lowest BCUT2D eigenvalue weighted by Crippen LogP contribution is -2.35. The highest BCUT2D eigenvalue weighted by Gasteiger charge is 2.15. The van der Waals surface area contributed by atoms with Crippen molar-refractivity contribution in [1.29, 1.82) is 0 Å². The molecule has 0 fully saturated rings. The molecule has 0 aliphatic heterocycles. The molecule has 0 bridgehead atoms. The first kappa shape index (κ1) is 21.5. The summed E-state index contributed by atoms with van der Waals surface area (Å²) in [4.78, 5) is 25.2. The van der Waals surface area contributed by atoms with Gasteiger partial charge in [-0.1, -0.05) is 48.0 Å². The highest BCUT2D eigenvalue weighted by atomic mass is 32.2. The first-order chi connectivity index (χ1) is 14.6. The van der Waals surface area contributed by atoms with Crippen LogP contribution in [-0.2, 0) is 10.5 Å². The van der Waals surface area contributed by atoms with E-state index in [2.05, 4.69) is 22.8 Å². The number of nitrogens with one attached hydrogen (secondary N) is 2. The van der Waals surface area contributed by atoms with Gasteiger partial charge in [0.2, 0.25) is 0 Å². The Bertz CT molecular complexity index is 981. The summed E-state index contributed by atoms with van der Waals surface area (Å²) in [5, 5.41) is 5.56. The molecule has 2 amide bonds. The molecule has 0 saturated carbocycles. The van der Waals surface area contributed by atoms with Gasteiger partial charge >= 0.3 is 0 Å². The summed E-state index contributed by atoms with van der Waals surface area (Å²) >= 11 is 1.74. The van der Waals surface area contributed by atoms with Crippen LogP contribution >= 0.6 is 11.8 Å². The average molecular weight is 421 g/mol. The van der Waals surface area contributed by atoms with Crippen molar-refractivity contribution in [3.63, 3.8) is 0 Å². The molecule has 0 aliphatic rings. The summed E-state index contributed by atoms with van der Waals surface area (Å²) in [7, 11) is 0. The molecule has 0 radical (unpaired) electrons. The molecule has 3 rings (SSSR count). The van der Waals surface area contributed by atoms with Gasteiger partial charge in [-0.2, -0.15) is 11.8 Å². The molecular weight excluding hydrogens is 396 g/mol. The molecule has 6 heteroatoms. The Kier molecular flexibility index (Phi) is 7.92. The van der Waals surface area contributed by atoms with Crippen molar-refractivity contribution in [2.24, 2.45) is 0 Å². The second kappa shape index (κ2) is 11.1. The zero-order valence-corrected chi connectivity index (χ0v) is 17.6. The fourth-order valence-electron chi connectivity index (χ4n) is 2.67. The van der Waals surface area contributed by atoms with Crippen molar-refractivity contribution in [1.82, 2.24) is 10.6 Å². The Morgan fingerprint density at radius 3 is 2.47 bits per heavy atom. The predicted molar refractivity (Wildman–Crippen MR) is 121 cm³/mol. The summed E-state index contributed by atoms with van der Waals surface area (Å²) in [5.74, 6) is 1.44. The molecule has 1 heterocycles. The molecule has 0 atom stereocenters. The minimum atomic E-state index is -0.354. The summed E-state index contributed by atoms with van der Waals surface area (Å²) < 4.78 is 5.30. The number of thioether (sulfide) groups is 1. The van der Waals surface area contributed by atoms with Crippen LogP contribution in [0.5, 0.6) is 0 Å². The van der Waals surface area contributed by atoms with Gasteiger partial charge in [-0.25, -0.2) is 0 Å². The third-order valence-corrected chi connectivity index (χ3v) is 5.31. The van der Waals surface area contributed by atoms with Crippen LogP contribution in [0.2, 0.25) is 0 Å². The van der Waals surface area contributed by atoms with Gasteiger partial charge < -0.3 is 15.1 Å². The number of furan rings is 1. The zero-order chi connectivity index (χ0) is 21.2. The Labute approximate surface area is 180 Å². The van der Waals surface area contributed by atoms with E-state index in [1.807, 2.05) is 37.3 Å². The maximum atomic E-state index is 12.7. The van der Waals surface area contributed by atoms with Crippen molar-refractivity contribution in [3.8, 4) is 0 Å². The monoisotopic (exact) mass is 420 g/mol. The normalized spacial score (nSPS) is 11.2. The quantitative estimate of drug-likeness (QED) is 0.397. The van der Waals surface area contributed by atoms with Crippen LogP contribution in [0.1, 0.15) is 27.2 Å². The smallest absolute Gasteiger partial charge is 0.267 e. The maximum absolute atomic E-state index is 12.7. The topological polar surface area (TPSA) is 71.3 Å². The van der Waals surface area contributed by atoms with Crippen molar-refractivity contribution in [2.45, 2.75) is 12.7 Å². The van der Waals surface area contributed by atoms with Crippen LogP contribution in [0.3, 0.4) is 0 Å². The molecule has 3 aromatic rings. The van der Waals surface area contributed by atoms with Gasteiger partial charge in [0.15, 0.2) is 0 Å². The van der Waals surface area contributed by atoms with E-state index in [-0.39, 0.29) is 17.5 Å². The minimum Gasteiger partial charge on any atom is -0.465 e. The number of rotatable bonds is 9. The van der Waals surface area contributed by atoms with Gasteiger partial charge in [0, 0.05) is 29.7 Å². The highest BCUT2D eigenvalue weighted by molar-refractivity contribution is 7.98. The van der Waals surface area contributed by atoms with E-state index in [0.717, 1.165) is 17.1 Å². The standard InChI is InChI=1S/C24H24N2O3S/c1-18-9-11-20(12-10-18)23(27)26-22(16-21-8-5-14-29-21)24(28)25-13-15-30-17-19-6-3-2-4-7-19/h2-12,14,16H,13,15,17H2,1H3,(H,25,28)(H,26,27)/b22-16-. The van der Waals surface area contributed by atoms with E-state index in [0.29, 0.717) is 17.9 Å². The largest absolute Gasteiger partial charge is 0.465 e. The summed E-state index contributed by atoms with van der Waals surface area (Å²) in [5.41, 5.74) is 2.93. The van der Waals surface area contributed by atoms with E-state index in [1.54, 1.807) is 36.0 Å². The minimum absolute atomic E-state index is 0.142. The lowest BCUT2D eigenvalue weighted by Gasteiger charge is -2.11. The zero-order valence-electron chi connectivity index (χ0n) is 16.8. The molecule has 0 aliphatic carbocycles. The maximum Gasteiger partial charge on any atom is 0.267 e. The van der Waals surface area contributed by atoms with Crippen molar-refractivity contribution in [2.75, 3.05) is 12.3 Å². The van der Waals surface area contributed by atoms with E-state index < -0.39 is 0 Å². The molecule has 1 aromatic heterocycles. The van der Waals surface area contributed by atoms with Crippen LogP contribution in [-0.4, -0.2) is 24.1 Å². The molecule has 154 valence electrons. The third kappa shape index (κ3) is 6.67. The van der Waals surface area contributed by atoms with Gasteiger partial charge in [0.05, 0.1) is 6.26 Å². The van der Waals surface area contributed by atoms with Crippen molar-refractivity contribution >= 4 is 29.7 Å². The van der Waals surface area contributed by atoms with E-state index in [4.69, 9.17) is 4.42 Å². The molecule has 2 aromatic carbocycles. The van der Waals surface area contributed by atoms with Crippen molar-refractivity contribution in [3.05, 3.63) is 101 Å². The summed E-state index contributed by atoms with van der Waals surface area (Å²) in [6.45, 7) is 2.44. The van der Waals surface area contributed by atoms with E-state index in [1.165, 1.54) is 17.9 Å². The number of benzene rings is 2. The third-order valence-electron chi connectivity index (χ3n) is 4.28. The highest BCUT2D eigenvalue weighted by Crippen LogP contribution is 2.11. The molecule has 2 N–H and O–H groups in total. The predicted octanol–water partition coefficient (Wildman–Crippen LogP) is 4.41. The number of aryl methyl sites for hydroxylation is 1. The Morgan fingerprint density at radius 2 is 1.77 bits per heavy atom. The lowest BCUT2D eigenvalue weighted by molar-refractivity contribution is -0.117. The van der Waals surface area contributed by atoms with Crippen molar-refractivity contribution < 1.29 is 14.0 Å². The summed E-state index contributed by atoms with van der Waals surface area (Å²) in [6, 6.07) is 20.8. The van der Waals surface area contributed by atoms with Crippen LogP contribution in [0, 0.1) is 6.92 Å². The Morgan fingerprint density at radius 1 is 1.00 bits per heavy atom. The first-order valence-corrected chi connectivity index (χ1v) is 10.8. The second-order valence-corrected chi connectivity index (χ2v) is 7.79. The molecule has 0 spiro atoms. The molecular formula is C24H24N2O3S.